The van der Waals surface area contributed by atoms with Gasteiger partial charge in [-0.3, -0.25) is 4.79 Å². The minimum atomic E-state index is -0.812. The molecule has 20 heavy (non-hydrogen) atoms. The van der Waals surface area contributed by atoms with Gasteiger partial charge in [-0.25, -0.2) is 14.4 Å². The molecule has 1 aliphatic rings. The number of hydrogen-bond acceptors (Lipinski definition) is 4. The zero-order chi connectivity index (χ0) is 14.5. The van der Waals surface area contributed by atoms with Crippen molar-refractivity contribution in [1.29, 1.82) is 0 Å². The van der Waals surface area contributed by atoms with Crippen LogP contribution in [0.5, 0.6) is 0 Å². The van der Waals surface area contributed by atoms with E-state index in [0.717, 1.165) is 25.8 Å². The van der Waals surface area contributed by atoms with E-state index in [4.69, 9.17) is 5.11 Å². The zero-order valence-electron chi connectivity index (χ0n) is 11.7. The molecule has 1 atom stereocenters. The van der Waals surface area contributed by atoms with E-state index in [1.165, 1.54) is 6.33 Å². The van der Waals surface area contributed by atoms with Crippen LogP contribution in [0.1, 0.15) is 44.7 Å². The highest BCUT2D eigenvalue weighted by atomic mass is 19.1. The summed E-state index contributed by atoms with van der Waals surface area (Å²) in [4.78, 5) is 20.7. The molecule has 0 radical (unpaired) electrons. The summed E-state index contributed by atoms with van der Waals surface area (Å²) >= 11 is 0. The highest BCUT2D eigenvalue weighted by Gasteiger charge is 2.27. The number of aryl methyl sites for hydroxylation is 1. The van der Waals surface area contributed by atoms with Gasteiger partial charge in [0.25, 0.3) is 0 Å². The SMILES string of the molecule is CCc1ncnc(N2CCCCC2CCC(=O)O)c1F. The Bertz CT molecular complexity index is 481. The van der Waals surface area contributed by atoms with E-state index in [2.05, 4.69) is 9.97 Å². The van der Waals surface area contributed by atoms with Crippen LogP contribution in [0.25, 0.3) is 0 Å². The summed E-state index contributed by atoms with van der Waals surface area (Å²) in [5.41, 5.74) is 0.414. The molecule has 1 saturated heterocycles. The average molecular weight is 281 g/mol. The third-order valence-electron chi connectivity index (χ3n) is 3.77. The predicted molar refractivity (Wildman–Crippen MR) is 73.2 cm³/mol. The van der Waals surface area contributed by atoms with Crippen molar-refractivity contribution >= 4 is 11.8 Å². The molecule has 1 unspecified atom stereocenters. The van der Waals surface area contributed by atoms with Crippen molar-refractivity contribution in [2.24, 2.45) is 0 Å². The van der Waals surface area contributed by atoms with Crippen LogP contribution >= 0.6 is 0 Å². The summed E-state index contributed by atoms with van der Waals surface area (Å²) in [7, 11) is 0. The third-order valence-corrected chi connectivity index (χ3v) is 3.77. The van der Waals surface area contributed by atoms with Crippen molar-refractivity contribution < 1.29 is 14.3 Å². The van der Waals surface area contributed by atoms with Gasteiger partial charge in [0.1, 0.15) is 6.33 Å². The van der Waals surface area contributed by atoms with E-state index in [-0.39, 0.29) is 18.3 Å². The number of hydrogen-bond donors (Lipinski definition) is 1. The number of piperidine rings is 1. The van der Waals surface area contributed by atoms with Crippen molar-refractivity contribution in [2.75, 3.05) is 11.4 Å². The van der Waals surface area contributed by atoms with Crippen molar-refractivity contribution in [2.45, 2.75) is 51.5 Å². The van der Waals surface area contributed by atoms with Gasteiger partial charge in [-0.05, 0) is 32.1 Å². The molecule has 1 aromatic rings. The Labute approximate surface area is 117 Å². The predicted octanol–water partition coefficient (Wildman–Crippen LogP) is 2.40. The van der Waals surface area contributed by atoms with Gasteiger partial charge in [0.15, 0.2) is 11.6 Å². The van der Waals surface area contributed by atoms with Crippen molar-refractivity contribution in [3.05, 3.63) is 17.8 Å². The average Bonchev–Trinajstić information content (AvgIpc) is 2.46. The van der Waals surface area contributed by atoms with Crippen LogP contribution < -0.4 is 4.90 Å². The Morgan fingerprint density at radius 1 is 1.50 bits per heavy atom. The van der Waals surface area contributed by atoms with Crippen LogP contribution in [0.4, 0.5) is 10.2 Å². The van der Waals surface area contributed by atoms with Crippen LogP contribution in [-0.4, -0.2) is 33.6 Å². The summed E-state index contributed by atoms with van der Waals surface area (Å²) in [5, 5.41) is 8.82. The molecule has 0 spiro atoms. The maximum absolute atomic E-state index is 14.3. The van der Waals surface area contributed by atoms with E-state index in [0.29, 0.717) is 24.4 Å². The first kappa shape index (κ1) is 14.7. The molecule has 110 valence electrons. The van der Waals surface area contributed by atoms with Gasteiger partial charge in [-0.1, -0.05) is 6.92 Å². The molecule has 0 amide bonds. The number of aromatic nitrogens is 2. The quantitative estimate of drug-likeness (QED) is 0.897. The maximum Gasteiger partial charge on any atom is 0.303 e. The minimum Gasteiger partial charge on any atom is -0.481 e. The molecule has 2 rings (SSSR count). The van der Waals surface area contributed by atoms with E-state index in [1.807, 2.05) is 11.8 Å². The number of anilines is 1. The first-order valence-electron chi connectivity index (χ1n) is 7.11. The number of carbonyl (C=O) groups is 1. The number of rotatable bonds is 5. The van der Waals surface area contributed by atoms with Crippen LogP contribution in [0.3, 0.4) is 0 Å². The maximum atomic E-state index is 14.3. The summed E-state index contributed by atoms with van der Waals surface area (Å²) in [6.07, 6.45) is 5.46. The molecule has 1 fully saturated rings. The van der Waals surface area contributed by atoms with Crippen LogP contribution in [-0.2, 0) is 11.2 Å². The van der Waals surface area contributed by atoms with E-state index in [9.17, 15) is 9.18 Å². The lowest BCUT2D eigenvalue weighted by molar-refractivity contribution is -0.137. The standard InChI is InChI=1S/C14H20FN3O2/c1-2-11-13(15)14(17-9-16-11)18-8-4-3-5-10(18)6-7-12(19)20/h9-10H,2-8H2,1H3,(H,19,20). The first-order valence-corrected chi connectivity index (χ1v) is 7.11. The molecule has 0 aliphatic carbocycles. The Hall–Kier alpha value is -1.72. The molecule has 6 heteroatoms. The molecule has 1 aliphatic heterocycles. The monoisotopic (exact) mass is 281 g/mol. The topological polar surface area (TPSA) is 66.3 Å². The molecule has 1 N–H and O–H groups in total. The first-order chi connectivity index (χ1) is 9.63. The summed E-state index contributed by atoms with van der Waals surface area (Å²) in [6, 6.07) is 0.0500. The molecule has 0 bridgehead atoms. The van der Waals surface area contributed by atoms with Gasteiger partial charge in [-0.2, -0.15) is 0 Å². The van der Waals surface area contributed by atoms with Gasteiger partial charge in [0.2, 0.25) is 0 Å². The molecular formula is C14H20FN3O2. The lowest BCUT2D eigenvalue weighted by Crippen LogP contribution is -2.41. The fourth-order valence-electron chi connectivity index (χ4n) is 2.71. The molecule has 0 saturated carbocycles. The molecule has 0 aromatic carbocycles. The molecule has 2 heterocycles. The van der Waals surface area contributed by atoms with Gasteiger partial charge in [0.05, 0.1) is 5.69 Å². The smallest absolute Gasteiger partial charge is 0.303 e. The largest absolute Gasteiger partial charge is 0.481 e. The number of carboxylic acids is 1. The Balaban J connectivity index is 2.21. The fraction of sp³-hybridized carbons (Fsp3) is 0.643. The van der Waals surface area contributed by atoms with Crippen molar-refractivity contribution in [3.63, 3.8) is 0 Å². The highest BCUT2D eigenvalue weighted by Crippen LogP contribution is 2.28. The Kier molecular flexibility index (Phi) is 4.87. The van der Waals surface area contributed by atoms with Crippen LogP contribution in [0, 0.1) is 5.82 Å². The van der Waals surface area contributed by atoms with Gasteiger partial charge < -0.3 is 10.0 Å². The molecule has 5 nitrogen and oxygen atoms in total. The highest BCUT2D eigenvalue weighted by molar-refractivity contribution is 5.66. The van der Waals surface area contributed by atoms with Gasteiger partial charge in [0, 0.05) is 19.0 Å². The minimum absolute atomic E-state index is 0.0500. The van der Waals surface area contributed by atoms with E-state index < -0.39 is 5.97 Å². The summed E-state index contributed by atoms with van der Waals surface area (Å²) < 4.78 is 14.3. The Morgan fingerprint density at radius 2 is 2.30 bits per heavy atom. The second kappa shape index (κ2) is 6.63. The normalized spacial score (nSPS) is 19.1. The second-order valence-corrected chi connectivity index (χ2v) is 5.09. The lowest BCUT2D eigenvalue weighted by atomic mass is 9.98. The second-order valence-electron chi connectivity index (χ2n) is 5.09. The fourth-order valence-corrected chi connectivity index (χ4v) is 2.71. The Morgan fingerprint density at radius 3 is 3.00 bits per heavy atom. The lowest BCUT2D eigenvalue weighted by Gasteiger charge is -2.36. The van der Waals surface area contributed by atoms with Gasteiger partial charge >= 0.3 is 5.97 Å². The number of carboxylic acid groups (broad SMARTS) is 1. The van der Waals surface area contributed by atoms with Crippen LogP contribution in [0.2, 0.25) is 0 Å². The number of aliphatic carboxylic acids is 1. The van der Waals surface area contributed by atoms with E-state index >= 15 is 0 Å². The van der Waals surface area contributed by atoms with Gasteiger partial charge in [-0.15, -0.1) is 0 Å². The van der Waals surface area contributed by atoms with E-state index in [1.54, 1.807) is 0 Å². The summed E-state index contributed by atoms with van der Waals surface area (Å²) in [6.45, 7) is 2.58. The zero-order valence-corrected chi connectivity index (χ0v) is 11.7. The van der Waals surface area contributed by atoms with Crippen molar-refractivity contribution in [3.8, 4) is 0 Å². The summed E-state index contributed by atoms with van der Waals surface area (Å²) in [5.74, 6) is -0.850. The number of nitrogens with zero attached hydrogens (tertiary/aromatic N) is 3. The van der Waals surface area contributed by atoms with Crippen molar-refractivity contribution in [1.82, 2.24) is 9.97 Å². The number of halogens is 1. The third kappa shape index (κ3) is 3.23. The molecular weight excluding hydrogens is 261 g/mol. The molecule has 1 aromatic heterocycles. The van der Waals surface area contributed by atoms with Crippen LogP contribution in [0.15, 0.2) is 6.33 Å².